The molecule has 1 aliphatic heterocycles. The minimum absolute atomic E-state index is 0.565. The van der Waals surface area contributed by atoms with Gasteiger partial charge in [-0.05, 0) is 84.5 Å². The van der Waals surface area contributed by atoms with Crippen LogP contribution in [0.4, 0.5) is 5.69 Å². The number of benzene rings is 3. The minimum atomic E-state index is 0.565. The summed E-state index contributed by atoms with van der Waals surface area (Å²) >= 11 is 0. The van der Waals surface area contributed by atoms with Gasteiger partial charge in [-0.1, -0.05) is 73.2 Å². The molecule has 0 amide bonds. The highest BCUT2D eigenvalue weighted by molar-refractivity contribution is 5.95. The first kappa shape index (κ1) is 25.2. The molecule has 1 saturated carbocycles. The van der Waals surface area contributed by atoms with Gasteiger partial charge in [0.25, 0.3) is 0 Å². The molecule has 1 heterocycles. The maximum absolute atomic E-state index is 4.44. The zero-order chi connectivity index (χ0) is 25.7. The molecule has 4 nitrogen and oxygen atoms in total. The van der Waals surface area contributed by atoms with Crippen molar-refractivity contribution in [1.29, 1.82) is 0 Å². The number of anilines is 1. The van der Waals surface area contributed by atoms with E-state index >= 15 is 0 Å². The van der Waals surface area contributed by atoms with Crippen molar-refractivity contribution in [3.05, 3.63) is 102 Å². The van der Waals surface area contributed by atoms with Crippen molar-refractivity contribution in [1.82, 2.24) is 4.90 Å². The van der Waals surface area contributed by atoms with E-state index in [1.165, 1.54) is 66.6 Å². The van der Waals surface area contributed by atoms with Crippen molar-refractivity contribution in [3.8, 4) is 11.1 Å². The molecule has 190 valence electrons. The molecule has 37 heavy (non-hydrogen) atoms. The van der Waals surface area contributed by atoms with Crippen LogP contribution in [0.15, 0.2) is 95.5 Å². The summed E-state index contributed by atoms with van der Waals surface area (Å²) in [4.78, 5) is 7.09. The Kier molecular flexibility index (Phi) is 7.66. The fraction of sp³-hybridized carbons (Fsp3) is 0.333. The van der Waals surface area contributed by atoms with Gasteiger partial charge < -0.3 is 0 Å². The van der Waals surface area contributed by atoms with E-state index in [-0.39, 0.29) is 0 Å². The highest BCUT2D eigenvalue weighted by Gasteiger charge is 2.42. The number of likely N-dealkylation sites (tertiary alicyclic amines) is 1. The standard InChI is InChI=1S/C33H38N4/c1-4-21-35-26(2)37(34-3)32-16-10-28(11-17-32)23-27-6-12-30(13-7-27)31-14-8-29(9-15-31)24-36-22-20-33(25-36)18-5-19-33/h4,6-17H,1,3,5,18-25H2,2H3/b35-26-. The van der Waals surface area contributed by atoms with Crippen molar-refractivity contribution in [2.75, 3.05) is 24.6 Å². The van der Waals surface area contributed by atoms with Gasteiger partial charge in [0, 0.05) is 19.8 Å². The van der Waals surface area contributed by atoms with E-state index in [1.807, 2.05) is 6.92 Å². The summed E-state index contributed by atoms with van der Waals surface area (Å²) < 4.78 is 0. The highest BCUT2D eigenvalue weighted by atomic mass is 15.5. The van der Waals surface area contributed by atoms with Gasteiger partial charge in [-0.2, -0.15) is 5.10 Å². The Morgan fingerprint density at radius 1 is 0.892 bits per heavy atom. The second-order valence-corrected chi connectivity index (χ2v) is 10.7. The first-order valence-electron chi connectivity index (χ1n) is 13.5. The average Bonchev–Trinajstić information content (AvgIpc) is 3.35. The first-order chi connectivity index (χ1) is 18.1. The Balaban J connectivity index is 1.17. The van der Waals surface area contributed by atoms with Crippen LogP contribution in [0.3, 0.4) is 0 Å². The quantitative estimate of drug-likeness (QED) is 0.136. The van der Waals surface area contributed by atoms with E-state index < -0.39 is 0 Å². The van der Waals surface area contributed by atoms with Crippen LogP contribution in [0.2, 0.25) is 0 Å². The van der Waals surface area contributed by atoms with Crippen LogP contribution >= 0.6 is 0 Å². The van der Waals surface area contributed by atoms with Crippen LogP contribution in [-0.4, -0.2) is 37.1 Å². The lowest BCUT2D eigenvalue weighted by atomic mass is 9.68. The number of nitrogens with zero attached hydrogens (tertiary/aromatic N) is 4. The van der Waals surface area contributed by atoms with Crippen molar-refractivity contribution in [2.45, 2.75) is 45.6 Å². The molecule has 0 radical (unpaired) electrons. The smallest absolute Gasteiger partial charge is 0.122 e. The summed E-state index contributed by atoms with van der Waals surface area (Å²) in [5.41, 5.74) is 8.16. The third-order valence-corrected chi connectivity index (χ3v) is 8.07. The van der Waals surface area contributed by atoms with Gasteiger partial charge in [0.05, 0.1) is 12.2 Å². The van der Waals surface area contributed by atoms with Gasteiger partial charge in [-0.3, -0.25) is 9.89 Å². The summed E-state index contributed by atoms with van der Waals surface area (Å²) in [5.74, 6) is 0.796. The molecule has 0 unspecified atom stereocenters. The average molecular weight is 491 g/mol. The Hall–Kier alpha value is -3.50. The Labute approximate surface area is 222 Å². The molecule has 2 aliphatic rings. The summed E-state index contributed by atoms with van der Waals surface area (Å²) in [6.45, 7) is 13.6. The molecule has 3 aromatic rings. The number of hydrazone groups is 1. The van der Waals surface area contributed by atoms with E-state index in [2.05, 4.69) is 101 Å². The van der Waals surface area contributed by atoms with E-state index in [0.717, 1.165) is 24.5 Å². The summed E-state index contributed by atoms with van der Waals surface area (Å²) in [6, 6.07) is 26.6. The lowest BCUT2D eigenvalue weighted by Crippen LogP contribution is -2.32. The first-order valence-corrected chi connectivity index (χ1v) is 13.5. The molecule has 0 N–H and O–H groups in total. The maximum atomic E-state index is 4.44. The number of aliphatic imine (C=N–C) groups is 1. The molecule has 4 heteroatoms. The lowest BCUT2D eigenvalue weighted by molar-refractivity contribution is 0.137. The lowest BCUT2D eigenvalue weighted by Gasteiger charge is -2.38. The van der Waals surface area contributed by atoms with E-state index in [0.29, 0.717) is 12.0 Å². The van der Waals surface area contributed by atoms with Gasteiger partial charge in [-0.15, -0.1) is 6.58 Å². The monoisotopic (exact) mass is 490 g/mol. The molecular weight excluding hydrogens is 452 g/mol. The molecule has 0 aromatic heterocycles. The highest BCUT2D eigenvalue weighted by Crippen LogP contribution is 2.48. The van der Waals surface area contributed by atoms with E-state index in [9.17, 15) is 0 Å². The fourth-order valence-corrected chi connectivity index (χ4v) is 5.75. The predicted octanol–water partition coefficient (Wildman–Crippen LogP) is 7.35. The third kappa shape index (κ3) is 5.91. The SMILES string of the molecule is C=CC/N=C(/C)N(N=C)c1ccc(Cc2ccc(-c3ccc(CN4CCC5(CCC5)C4)cc3)cc2)cc1. The molecule has 0 atom stereocenters. The van der Waals surface area contributed by atoms with Crippen LogP contribution in [0.1, 0.15) is 49.3 Å². The maximum Gasteiger partial charge on any atom is 0.122 e. The molecule has 1 saturated heterocycles. The molecule has 5 rings (SSSR count). The zero-order valence-electron chi connectivity index (χ0n) is 22.1. The molecule has 1 aliphatic carbocycles. The van der Waals surface area contributed by atoms with E-state index in [1.54, 1.807) is 11.1 Å². The minimum Gasteiger partial charge on any atom is -0.299 e. The Bertz CT molecular complexity index is 1230. The normalized spacial score (nSPS) is 16.9. The van der Waals surface area contributed by atoms with Gasteiger partial charge in [-0.25, -0.2) is 5.01 Å². The Morgan fingerprint density at radius 2 is 1.49 bits per heavy atom. The number of hydrogen-bond acceptors (Lipinski definition) is 3. The molecule has 2 fully saturated rings. The number of rotatable bonds is 9. The second kappa shape index (κ2) is 11.3. The van der Waals surface area contributed by atoms with Gasteiger partial charge in [0.15, 0.2) is 0 Å². The fourth-order valence-electron chi connectivity index (χ4n) is 5.75. The molecule has 1 spiro atoms. The van der Waals surface area contributed by atoms with Gasteiger partial charge in [0.2, 0.25) is 0 Å². The summed E-state index contributed by atoms with van der Waals surface area (Å²) in [6.07, 6.45) is 8.39. The number of hydrogen-bond donors (Lipinski definition) is 0. The van der Waals surface area contributed by atoms with Crippen LogP contribution in [0, 0.1) is 5.41 Å². The molecule has 3 aromatic carbocycles. The summed E-state index contributed by atoms with van der Waals surface area (Å²) in [5, 5.41) is 5.87. The van der Waals surface area contributed by atoms with Gasteiger partial charge in [0.1, 0.15) is 5.84 Å². The topological polar surface area (TPSA) is 31.2 Å². The third-order valence-electron chi connectivity index (χ3n) is 8.07. The van der Waals surface area contributed by atoms with Crippen molar-refractivity contribution >= 4 is 18.2 Å². The zero-order valence-corrected chi connectivity index (χ0v) is 22.1. The van der Waals surface area contributed by atoms with Crippen LogP contribution in [0.25, 0.3) is 11.1 Å². The molecular formula is C33H38N4. The van der Waals surface area contributed by atoms with Crippen LogP contribution in [0.5, 0.6) is 0 Å². The largest absolute Gasteiger partial charge is 0.299 e. The number of amidine groups is 1. The van der Waals surface area contributed by atoms with Crippen molar-refractivity contribution in [2.24, 2.45) is 15.5 Å². The predicted molar refractivity (Wildman–Crippen MR) is 158 cm³/mol. The summed E-state index contributed by atoms with van der Waals surface area (Å²) in [7, 11) is 0. The van der Waals surface area contributed by atoms with Gasteiger partial charge >= 0.3 is 0 Å². The van der Waals surface area contributed by atoms with Crippen LogP contribution in [-0.2, 0) is 13.0 Å². The second-order valence-electron chi connectivity index (χ2n) is 10.7. The van der Waals surface area contributed by atoms with Crippen molar-refractivity contribution in [3.63, 3.8) is 0 Å². The van der Waals surface area contributed by atoms with Crippen molar-refractivity contribution < 1.29 is 0 Å². The Morgan fingerprint density at radius 3 is 2.00 bits per heavy atom. The van der Waals surface area contributed by atoms with Crippen LogP contribution < -0.4 is 5.01 Å². The van der Waals surface area contributed by atoms with E-state index in [4.69, 9.17) is 0 Å². The molecule has 0 bridgehead atoms.